The van der Waals surface area contributed by atoms with E-state index in [1.54, 1.807) is 2.95 Å². The van der Waals surface area contributed by atoms with Crippen molar-refractivity contribution in [2.24, 2.45) is 0 Å². The van der Waals surface area contributed by atoms with Crippen LogP contribution in [0.4, 0.5) is 0 Å². The summed E-state index contributed by atoms with van der Waals surface area (Å²) < 4.78 is 3.64. The van der Waals surface area contributed by atoms with E-state index in [0.29, 0.717) is 11.8 Å². The van der Waals surface area contributed by atoms with E-state index in [0.717, 1.165) is 11.1 Å². The van der Waals surface area contributed by atoms with Crippen LogP contribution in [0.2, 0.25) is 0 Å². The second-order valence-electron chi connectivity index (χ2n) is 7.66. The molecule has 2 heterocycles. The monoisotopic (exact) mass is 466 g/mol. The van der Waals surface area contributed by atoms with E-state index in [-0.39, 0.29) is 11.9 Å². The molecule has 2 atom stereocenters. The molecule has 2 aliphatic rings. The van der Waals surface area contributed by atoms with Crippen LogP contribution in [-0.2, 0) is 18.5 Å². The van der Waals surface area contributed by atoms with Crippen molar-refractivity contribution >= 4 is 22.9 Å². The number of nitrogens with zero attached hydrogens (tertiary/aromatic N) is 2. The van der Waals surface area contributed by atoms with E-state index < -0.39 is 18.5 Å². The summed E-state index contributed by atoms with van der Waals surface area (Å²) in [6.07, 6.45) is 0. The van der Waals surface area contributed by atoms with Crippen molar-refractivity contribution in [2.45, 2.75) is 45.6 Å². The van der Waals surface area contributed by atoms with Crippen molar-refractivity contribution in [1.82, 2.24) is 5.91 Å². The predicted octanol–water partition coefficient (Wildman–Crippen LogP) is 6.00. The molecule has 2 aromatic rings. The van der Waals surface area contributed by atoms with Crippen LogP contribution in [-0.4, -0.2) is 11.8 Å². The van der Waals surface area contributed by atoms with Gasteiger partial charge < -0.3 is 0 Å². The van der Waals surface area contributed by atoms with E-state index in [1.807, 2.05) is 27.2 Å². The van der Waals surface area contributed by atoms with Crippen LogP contribution in [0.3, 0.4) is 0 Å². The van der Waals surface area contributed by atoms with Crippen LogP contribution in [0.15, 0.2) is 42.5 Å². The maximum atomic E-state index is 12.8. The number of benzene rings is 2. The van der Waals surface area contributed by atoms with Gasteiger partial charge in [0.2, 0.25) is 0 Å². The first-order valence-corrected chi connectivity index (χ1v) is 17.5. The summed E-state index contributed by atoms with van der Waals surface area (Å²) in [4.78, 5) is 12.8. The zero-order chi connectivity index (χ0) is 18.8. The van der Waals surface area contributed by atoms with Gasteiger partial charge >= 0.3 is 168 Å². The van der Waals surface area contributed by atoms with Crippen LogP contribution in [0, 0.1) is 0 Å². The number of halogens is 2. The van der Waals surface area contributed by atoms with Gasteiger partial charge in [0.25, 0.3) is 0 Å². The van der Waals surface area contributed by atoms with E-state index in [2.05, 4.69) is 45.9 Å². The summed E-state index contributed by atoms with van der Waals surface area (Å²) in [5.41, 5.74) is 5.55. The number of rotatable bonds is 3. The fraction of sp³-hybridized carbons (Fsp3) is 0.350. The molecule has 1 fully saturated rings. The van der Waals surface area contributed by atoms with Crippen LogP contribution >= 0.6 is 17.0 Å². The molecule has 0 spiro atoms. The Labute approximate surface area is 167 Å². The Morgan fingerprint density at radius 3 is 2.31 bits per heavy atom. The molecular formula is C20H22Cl2N2OZr. The molecule has 0 N–H and O–H groups in total. The van der Waals surface area contributed by atoms with Gasteiger partial charge in [-0.1, -0.05) is 0 Å². The van der Waals surface area contributed by atoms with Gasteiger partial charge in [0.05, 0.1) is 0 Å². The Kier molecular flexibility index (Phi) is 4.63. The van der Waals surface area contributed by atoms with Gasteiger partial charge in [-0.3, -0.25) is 0 Å². The van der Waals surface area contributed by atoms with E-state index in [1.165, 1.54) is 16.7 Å². The summed E-state index contributed by atoms with van der Waals surface area (Å²) in [5, 5.41) is 0. The summed E-state index contributed by atoms with van der Waals surface area (Å²) in [6.45, 7) is 8.83. The quantitative estimate of drug-likeness (QED) is 0.516. The Bertz CT molecular complexity index is 897. The minimum atomic E-state index is -3.71. The average molecular weight is 469 g/mol. The van der Waals surface area contributed by atoms with Crippen molar-refractivity contribution in [3.05, 3.63) is 70.3 Å². The van der Waals surface area contributed by atoms with Crippen LogP contribution in [0.1, 0.15) is 78.2 Å². The van der Waals surface area contributed by atoms with Crippen molar-refractivity contribution in [3.63, 3.8) is 0 Å². The first kappa shape index (κ1) is 18.7. The second kappa shape index (κ2) is 6.45. The van der Waals surface area contributed by atoms with Gasteiger partial charge in [0, 0.05) is 0 Å². The zero-order valence-electron chi connectivity index (χ0n) is 15.3. The van der Waals surface area contributed by atoms with E-state index >= 15 is 0 Å². The van der Waals surface area contributed by atoms with Gasteiger partial charge in [-0.15, -0.1) is 0 Å². The van der Waals surface area contributed by atoms with E-state index in [9.17, 15) is 4.79 Å². The molecule has 0 aromatic heterocycles. The molecule has 4 rings (SSSR count). The normalized spacial score (nSPS) is 23.2. The number of hydrazine groups is 1. The van der Waals surface area contributed by atoms with Crippen LogP contribution in [0.5, 0.6) is 0 Å². The number of hydrogen-bond donors (Lipinski definition) is 0. The molecule has 1 saturated heterocycles. The molecule has 0 saturated carbocycles. The standard InChI is InChI=1S/C20H22N2O.2ClH.Zr/c1-12(2)14-9-10-16(18(11-14)13(3)4)19-15-7-5-6-8-17(15)20(23)22-21-19;;;/h5-13,19H,1-4H3;2*1H;/q-2;;;+4/p-2. The molecule has 0 bridgehead atoms. The summed E-state index contributed by atoms with van der Waals surface area (Å²) in [6, 6.07) is 14.4. The average Bonchev–Trinajstić information content (AvgIpc) is 3.17. The summed E-state index contributed by atoms with van der Waals surface area (Å²) in [7, 11) is 13.3. The van der Waals surface area contributed by atoms with Crippen molar-refractivity contribution in [2.75, 3.05) is 0 Å². The second-order valence-corrected chi connectivity index (χ2v) is 19.7. The Hall–Kier alpha value is -0.667. The Morgan fingerprint density at radius 1 is 0.962 bits per heavy atom. The van der Waals surface area contributed by atoms with Crippen molar-refractivity contribution in [3.8, 4) is 0 Å². The fourth-order valence-corrected chi connectivity index (χ4v) is 14.5. The molecule has 136 valence electrons. The number of hydrogen-bond acceptors (Lipinski definition) is 2. The number of fused-ring (bicyclic) bond motifs is 2. The molecule has 0 radical (unpaired) electrons. The topological polar surface area (TPSA) is 23.1 Å². The van der Waals surface area contributed by atoms with Crippen molar-refractivity contribution in [1.29, 1.82) is 0 Å². The summed E-state index contributed by atoms with van der Waals surface area (Å²) in [5.74, 6) is 0.790. The maximum absolute atomic E-state index is 12.8. The number of carbonyl (C=O) groups excluding carboxylic acids is 1. The number of carbonyl (C=O) groups is 1. The third kappa shape index (κ3) is 2.73. The molecule has 2 aliphatic heterocycles. The molecular weight excluding hydrogens is 446 g/mol. The summed E-state index contributed by atoms with van der Waals surface area (Å²) >= 11 is -3.71. The third-order valence-corrected chi connectivity index (χ3v) is 13.6. The predicted molar refractivity (Wildman–Crippen MR) is 103 cm³/mol. The Balaban J connectivity index is 1.92. The molecule has 2 aromatic carbocycles. The molecule has 26 heavy (non-hydrogen) atoms. The van der Waals surface area contributed by atoms with Crippen LogP contribution < -0.4 is 0 Å². The third-order valence-electron chi connectivity index (χ3n) is 5.32. The SMILES string of the molecule is CC(C)c1ccc(C2c3ccccc3C(=O)[N]3[N]2[Zr]3([Cl])[Cl])c(C(C)C)c1. The van der Waals surface area contributed by atoms with Gasteiger partial charge in [-0.05, 0) is 0 Å². The fourth-order valence-electron chi connectivity index (χ4n) is 3.86. The molecule has 1 amide bonds. The first-order valence-electron chi connectivity index (χ1n) is 8.99. The first-order chi connectivity index (χ1) is 12.2. The molecule has 0 aliphatic carbocycles. The molecule has 6 heteroatoms. The number of amides is 1. The van der Waals surface area contributed by atoms with Gasteiger partial charge in [-0.25, -0.2) is 0 Å². The van der Waals surface area contributed by atoms with E-state index in [4.69, 9.17) is 17.0 Å². The van der Waals surface area contributed by atoms with Gasteiger partial charge in [-0.2, -0.15) is 0 Å². The van der Waals surface area contributed by atoms with Crippen LogP contribution in [0.25, 0.3) is 0 Å². The van der Waals surface area contributed by atoms with Gasteiger partial charge in [0.15, 0.2) is 0 Å². The van der Waals surface area contributed by atoms with Crippen molar-refractivity contribution < 1.29 is 23.3 Å². The zero-order valence-corrected chi connectivity index (χ0v) is 19.3. The Morgan fingerprint density at radius 2 is 1.65 bits per heavy atom. The minimum absolute atomic E-state index is 0.0532. The molecule has 3 nitrogen and oxygen atoms in total. The van der Waals surface area contributed by atoms with Gasteiger partial charge in [0.1, 0.15) is 0 Å². The molecule has 2 unspecified atom stereocenters.